The summed E-state index contributed by atoms with van der Waals surface area (Å²) in [6.07, 6.45) is 0.644. The average Bonchev–Trinajstić information content (AvgIpc) is 3.29. The number of amides is 1. The van der Waals surface area contributed by atoms with Crippen LogP contribution in [0.1, 0.15) is 49.0 Å². The van der Waals surface area contributed by atoms with Crippen molar-refractivity contribution >= 4 is 5.91 Å². The molecule has 180 valence electrons. The highest BCUT2D eigenvalue weighted by Crippen LogP contribution is 2.38. The number of oxazole rings is 1. The van der Waals surface area contributed by atoms with E-state index in [-0.39, 0.29) is 36.4 Å². The van der Waals surface area contributed by atoms with Crippen molar-refractivity contribution in [3.63, 3.8) is 0 Å². The maximum absolute atomic E-state index is 14.4. The first-order valence-corrected chi connectivity index (χ1v) is 11.1. The molecule has 1 aromatic heterocycles. The Kier molecular flexibility index (Phi) is 6.94. The van der Waals surface area contributed by atoms with Crippen LogP contribution in [-0.2, 0) is 4.74 Å². The molecule has 1 aromatic carbocycles. The zero-order valence-electron chi connectivity index (χ0n) is 18.7. The van der Waals surface area contributed by atoms with E-state index in [1.54, 1.807) is 29.7 Å². The molecule has 0 aliphatic carbocycles. The van der Waals surface area contributed by atoms with E-state index in [9.17, 15) is 18.0 Å². The summed E-state index contributed by atoms with van der Waals surface area (Å²) in [4.78, 5) is 20.4. The van der Waals surface area contributed by atoms with Crippen molar-refractivity contribution in [2.75, 3.05) is 32.7 Å². The van der Waals surface area contributed by atoms with Gasteiger partial charge in [-0.05, 0) is 44.9 Å². The minimum Gasteiger partial charge on any atom is -0.488 e. The summed E-state index contributed by atoms with van der Waals surface area (Å²) in [5.41, 5.74) is -0.454. The van der Waals surface area contributed by atoms with E-state index >= 15 is 0 Å². The number of ether oxygens (including phenoxy) is 2. The van der Waals surface area contributed by atoms with Gasteiger partial charge in [-0.3, -0.25) is 9.69 Å². The predicted molar refractivity (Wildman–Crippen MR) is 113 cm³/mol. The molecule has 33 heavy (non-hydrogen) atoms. The molecule has 2 saturated heterocycles. The normalized spacial score (nSPS) is 21.2. The second kappa shape index (κ2) is 9.72. The third-order valence-corrected chi connectivity index (χ3v) is 5.95. The number of halogens is 3. The van der Waals surface area contributed by atoms with Crippen molar-refractivity contribution in [1.82, 2.24) is 14.8 Å². The summed E-state index contributed by atoms with van der Waals surface area (Å²) < 4.78 is 57.7. The molecular formula is C23H28F3N3O4. The topological polar surface area (TPSA) is 68.0 Å². The summed E-state index contributed by atoms with van der Waals surface area (Å²) in [5.74, 6) is -0.420. The lowest BCUT2D eigenvalue weighted by Gasteiger charge is -2.49. The van der Waals surface area contributed by atoms with E-state index in [2.05, 4.69) is 4.98 Å². The minimum absolute atomic E-state index is 0.103. The number of carbonyl (C=O) groups is 1. The highest BCUT2D eigenvalue weighted by molar-refractivity contribution is 5.94. The van der Waals surface area contributed by atoms with Crippen LogP contribution in [0.5, 0.6) is 5.75 Å². The second-order valence-corrected chi connectivity index (χ2v) is 8.85. The Morgan fingerprint density at radius 1 is 1.30 bits per heavy atom. The largest absolute Gasteiger partial charge is 0.488 e. The molecule has 1 unspecified atom stereocenters. The van der Waals surface area contributed by atoms with Gasteiger partial charge in [0.05, 0.1) is 24.4 Å². The van der Waals surface area contributed by atoms with E-state index in [0.717, 1.165) is 0 Å². The van der Waals surface area contributed by atoms with E-state index in [0.29, 0.717) is 38.4 Å². The second-order valence-electron chi connectivity index (χ2n) is 8.85. The average molecular weight is 467 g/mol. The highest BCUT2D eigenvalue weighted by Gasteiger charge is 2.45. The van der Waals surface area contributed by atoms with Gasteiger partial charge in [0.25, 0.3) is 12.3 Å². The van der Waals surface area contributed by atoms with Gasteiger partial charge in [0.2, 0.25) is 5.89 Å². The van der Waals surface area contributed by atoms with E-state index in [1.807, 2.05) is 0 Å². The van der Waals surface area contributed by atoms with Crippen molar-refractivity contribution in [3.05, 3.63) is 47.9 Å². The van der Waals surface area contributed by atoms with Gasteiger partial charge in [-0.1, -0.05) is 0 Å². The molecule has 0 saturated carbocycles. The fourth-order valence-electron chi connectivity index (χ4n) is 4.50. The van der Waals surface area contributed by atoms with Gasteiger partial charge in [0.15, 0.2) is 11.6 Å². The molecule has 2 fully saturated rings. The molecule has 0 N–H and O–H groups in total. The lowest BCUT2D eigenvalue weighted by atomic mass is 9.88. The van der Waals surface area contributed by atoms with Crippen LogP contribution in [0, 0.1) is 5.82 Å². The number of hydrogen-bond donors (Lipinski definition) is 0. The predicted octanol–water partition coefficient (Wildman–Crippen LogP) is 3.91. The number of alkyl halides is 2. The number of morpholine rings is 1. The molecule has 2 aliphatic rings. The van der Waals surface area contributed by atoms with E-state index in [4.69, 9.17) is 13.9 Å². The van der Waals surface area contributed by atoms with Gasteiger partial charge in [0, 0.05) is 31.7 Å². The molecule has 4 rings (SSSR count). The Hall–Kier alpha value is -2.59. The maximum Gasteiger partial charge on any atom is 0.253 e. The van der Waals surface area contributed by atoms with Crippen LogP contribution in [0.4, 0.5) is 13.2 Å². The number of likely N-dealkylation sites (tertiary alicyclic amines) is 1. The number of rotatable bonds is 6. The molecule has 1 amide bonds. The molecule has 0 bridgehead atoms. The Morgan fingerprint density at radius 3 is 2.67 bits per heavy atom. The molecule has 0 radical (unpaired) electrons. The third-order valence-electron chi connectivity index (χ3n) is 5.95. The zero-order valence-corrected chi connectivity index (χ0v) is 18.7. The molecule has 2 aromatic rings. The maximum atomic E-state index is 14.4. The summed E-state index contributed by atoms with van der Waals surface area (Å²) in [6, 6.07) is 4.19. The lowest BCUT2D eigenvalue weighted by Crippen LogP contribution is -2.58. The Balaban J connectivity index is 1.44. The standard InChI is InChI=1S/C23H28F3N3O4/c1-15(2)32-18-4-3-16(11-17(18)24)22(30)29-8-5-23(6-9-29)14-28(13-20(25)26)12-19(33-23)21-27-7-10-31-21/h3-4,7,10-11,15,19-20H,5-6,8-9,12-14H2,1-2H3. The Morgan fingerprint density at radius 2 is 2.06 bits per heavy atom. The van der Waals surface area contributed by atoms with Crippen LogP contribution >= 0.6 is 0 Å². The summed E-state index contributed by atoms with van der Waals surface area (Å²) in [5, 5.41) is 0. The molecule has 10 heteroatoms. The van der Waals surface area contributed by atoms with E-state index < -0.39 is 23.9 Å². The van der Waals surface area contributed by atoms with Gasteiger partial charge >= 0.3 is 0 Å². The Labute approximate surface area is 190 Å². The number of nitrogens with zero attached hydrogens (tertiary/aromatic N) is 3. The minimum atomic E-state index is -2.47. The third kappa shape index (κ3) is 5.50. The van der Waals surface area contributed by atoms with Crippen LogP contribution in [0.15, 0.2) is 35.1 Å². The molecule has 3 heterocycles. The first kappa shape index (κ1) is 23.6. The van der Waals surface area contributed by atoms with Crippen molar-refractivity contribution < 1.29 is 31.9 Å². The van der Waals surface area contributed by atoms with Gasteiger partial charge in [-0.15, -0.1) is 0 Å². The van der Waals surface area contributed by atoms with Gasteiger partial charge in [-0.25, -0.2) is 18.2 Å². The quantitative estimate of drug-likeness (QED) is 0.642. The number of hydrogen-bond acceptors (Lipinski definition) is 6. The number of aromatic nitrogens is 1. The van der Waals surface area contributed by atoms with Crippen LogP contribution in [0.2, 0.25) is 0 Å². The van der Waals surface area contributed by atoms with Crippen molar-refractivity contribution in [1.29, 1.82) is 0 Å². The number of benzene rings is 1. The Bertz CT molecular complexity index is 946. The summed E-state index contributed by atoms with van der Waals surface area (Å²) in [7, 11) is 0. The zero-order chi connectivity index (χ0) is 23.6. The molecule has 1 atom stereocenters. The lowest BCUT2D eigenvalue weighted by molar-refractivity contribution is -0.186. The van der Waals surface area contributed by atoms with Gasteiger partial charge in [-0.2, -0.15) is 0 Å². The number of carbonyl (C=O) groups excluding carboxylic acids is 1. The smallest absolute Gasteiger partial charge is 0.253 e. The first-order chi connectivity index (χ1) is 15.7. The van der Waals surface area contributed by atoms with Gasteiger partial charge < -0.3 is 18.8 Å². The highest BCUT2D eigenvalue weighted by atomic mass is 19.3. The van der Waals surface area contributed by atoms with Crippen LogP contribution < -0.4 is 4.74 Å². The monoisotopic (exact) mass is 467 g/mol. The first-order valence-electron chi connectivity index (χ1n) is 11.1. The molecule has 7 nitrogen and oxygen atoms in total. The van der Waals surface area contributed by atoms with Crippen LogP contribution in [0.3, 0.4) is 0 Å². The summed E-state index contributed by atoms with van der Waals surface area (Å²) >= 11 is 0. The summed E-state index contributed by atoms with van der Waals surface area (Å²) in [6.45, 7) is 4.56. The molecule has 1 spiro atoms. The SMILES string of the molecule is CC(C)Oc1ccc(C(=O)N2CCC3(CC2)CN(CC(F)F)CC(c2ncco2)O3)cc1F. The molecular weight excluding hydrogens is 439 g/mol. The fraction of sp³-hybridized carbons (Fsp3) is 0.565. The van der Waals surface area contributed by atoms with Crippen LogP contribution in [-0.4, -0.2) is 71.5 Å². The van der Waals surface area contributed by atoms with Gasteiger partial charge in [0.1, 0.15) is 12.4 Å². The van der Waals surface area contributed by atoms with Crippen LogP contribution in [0.25, 0.3) is 0 Å². The van der Waals surface area contributed by atoms with Crippen molar-refractivity contribution in [2.24, 2.45) is 0 Å². The van der Waals surface area contributed by atoms with Crippen molar-refractivity contribution in [2.45, 2.75) is 50.9 Å². The molecule has 2 aliphatic heterocycles. The van der Waals surface area contributed by atoms with E-state index in [1.165, 1.54) is 24.6 Å². The fourth-order valence-corrected chi connectivity index (χ4v) is 4.50. The van der Waals surface area contributed by atoms with Crippen molar-refractivity contribution in [3.8, 4) is 5.75 Å². The number of piperidine rings is 1.